The van der Waals surface area contributed by atoms with E-state index in [1.54, 1.807) is 0 Å². The van der Waals surface area contributed by atoms with E-state index in [9.17, 15) is 0 Å². The molecule has 2 aliphatic carbocycles. The quantitative estimate of drug-likeness (QED) is 0.768. The van der Waals surface area contributed by atoms with Crippen molar-refractivity contribution in [1.29, 1.82) is 5.26 Å². The maximum Gasteiger partial charge on any atom is 0.144 e. The first-order valence-corrected chi connectivity index (χ1v) is 5.73. The summed E-state index contributed by atoms with van der Waals surface area (Å²) < 4.78 is 0. The topological polar surface area (TPSA) is 74.7 Å². The van der Waals surface area contributed by atoms with Crippen molar-refractivity contribution in [2.45, 2.75) is 37.8 Å². The third-order valence-corrected chi connectivity index (χ3v) is 3.33. The lowest BCUT2D eigenvalue weighted by Crippen LogP contribution is -2.15. The maximum absolute atomic E-state index is 9.09. The lowest BCUT2D eigenvalue weighted by atomic mass is 10.1. The Morgan fingerprint density at radius 1 is 1.50 bits per heavy atom. The van der Waals surface area contributed by atoms with Crippen molar-refractivity contribution in [2.75, 3.05) is 5.32 Å². The van der Waals surface area contributed by atoms with Crippen LogP contribution in [0.2, 0.25) is 0 Å². The standard InChI is InChI=1S/C12H14N4/c13-6-8-4-7-2-1-3-10(7)15-12(8)16-11-5-9(11)14/h4,9,11H,1-3,5,14H2,(H,15,16). The highest BCUT2D eigenvalue weighted by Gasteiger charge is 2.34. The highest BCUT2D eigenvalue weighted by molar-refractivity contribution is 5.56. The summed E-state index contributed by atoms with van der Waals surface area (Å²) in [7, 11) is 0. The van der Waals surface area contributed by atoms with Crippen molar-refractivity contribution in [2.24, 2.45) is 5.73 Å². The van der Waals surface area contributed by atoms with Crippen molar-refractivity contribution < 1.29 is 0 Å². The number of rotatable bonds is 2. The summed E-state index contributed by atoms with van der Waals surface area (Å²) in [5.41, 5.74) is 8.78. The molecule has 0 radical (unpaired) electrons. The van der Waals surface area contributed by atoms with Crippen molar-refractivity contribution in [3.05, 3.63) is 22.9 Å². The van der Waals surface area contributed by atoms with Gasteiger partial charge in [0, 0.05) is 17.8 Å². The second-order valence-corrected chi connectivity index (χ2v) is 4.61. The molecule has 16 heavy (non-hydrogen) atoms. The smallest absolute Gasteiger partial charge is 0.144 e. The Morgan fingerprint density at radius 2 is 2.31 bits per heavy atom. The molecule has 4 nitrogen and oxygen atoms in total. The lowest BCUT2D eigenvalue weighted by molar-refractivity contribution is 0.898. The van der Waals surface area contributed by atoms with Crippen molar-refractivity contribution >= 4 is 5.82 Å². The highest BCUT2D eigenvalue weighted by Crippen LogP contribution is 2.28. The van der Waals surface area contributed by atoms with E-state index in [0.717, 1.165) is 37.2 Å². The van der Waals surface area contributed by atoms with E-state index in [-0.39, 0.29) is 6.04 Å². The van der Waals surface area contributed by atoms with Crippen molar-refractivity contribution in [1.82, 2.24) is 4.98 Å². The molecule has 0 saturated heterocycles. The van der Waals surface area contributed by atoms with Crippen molar-refractivity contribution in [3.8, 4) is 6.07 Å². The number of hydrogen-bond acceptors (Lipinski definition) is 4. The third-order valence-electron chi connectivity index (χ3n) is 3.33. The van der Waals surface area contributed by atoms with Gasteiger partial charge in [-0.25, -0.2) is 4.98 Å². The van der Waals surface area contributed by atoms with E-state index < -0.39 is 0 Å². The predicted octanol–water partition coefficient (Wildman–Crippen LogP) is 0.953. The average Bonchev–Trinajstić information content (AvgIpc) is 2.79. The summed E-state index contributed by atoms with van der Waals surface area (Å²) in [6, 6.07) is 4.71. The van der Waals surface area contributed by atoms with Gasteiger partial charge in [-0.2, -0.15) is 5.26 Å². The number of nitrogens with zero attached hydrogens (tertiary/aromatic N) is 2. The fraction of sp³-hybridized carbons (Fsp3) is 0.500. The summed E-state index contributed by atoms with van der Waals surface area (Å²) in [6.45, 7) is 0. The van der Waals surface area contributed by atoms with Crippen LogP contribution >= 0.6 is 0 Å². The van der Waals surface area contributed by atoms with Gasteiger partial charge in [-0.1, -0.05) is 0 Å². The fourth-order valence-corrected chi connectivity index (χ4v) is 2.22. The molecule has 1 heterocycles. The van der Waals surface area contributed by atoms with E-state index in [4.69, 9.17) is 11.0 Å². The molecule has 1 fully saturated rings. The number of hydrogen-bond donors (Lipinski definition) is 2. The van der Waals surface area contributed by atoms with E-state index in [0.29, 0.717) is 11.6 Å². The molecule has 1 aromatic heterocycles. The Bertz CT molecular complexity index is 475. The van der Waals surface area contributed by atoms with Gasteiger partial charge >= 0.3 is 0 Å². The van der Waals surface area contributed by atoms with Gasteiger partial charge < -0.3 is 11.1 Å². The van der Waals surface area contributed by atoms with Crippen molar-refractivity contribution in [3.63, 3.8) is 0 Å². The third kappa shape index (κ3) is 1.54. The Labute approximate surface area is 94.5 Å². The summed E-state index contributed by atoms with van der Waals surface area (Å²) >= 11 is 0. The molecule has 0 aromatic carbocycles. The van der Waals surface area contributed by atoms with Gasteiger partial charge in [-0.3, -0.25) is 0 Å². The first kappa shape index (κ1) is 9.61. The monoisotopic (exact) mass is 214 g/mol. The van der Waals surface area contributed by atoms with Crippen LogP contribution in [0.1, 0.15) is 29.7 Å². The number of nitriles is 1. The molecule has 3 rings (SSSR count). The Kier molecular flexibility index (Phi) is 2.08. The fourth-order valence-electron chi connectivity index (χ4n) is 2.22. The average molecular weight is 214 g/mol. The molecule has 2 atom stereocenters. The molecule has 0 aliphatic heterocycles. The van der Waals surface area contributed by atoms with Gasteiger partial charge in [0.2, 0.25) is 0 Å². The Morgan fingerprint density at radius 3 is 3.00 bits per heavy atom. The first-order valence-electron chi connectivity index (χ1n) is 5.73. The molecule has 0 bridgehead atoms. The Hall–Kier alpha value is -1.60. The normalized spacial score (nSPS) is 26.0. The van der Waals surface area contributed by atoms with Gasteiger partial charge in [-0.15, -0.1) is 0 Å². The van der Waals surface area contributed by atoms with E-state index in [1.165, 1.54) is 5.56 Å². The van der Waals surface area contributed by atoms with Gasteiger partial charge in [0.25, 0.3) is 0 Å². The first-order chi connectivity index (χ1) is 7.78. The second kappa shape index (κ2) is 3.46. The minimum absolute atomic E-state index is 0.224. The van der Waals surface area contributed by atoms with Crippen LogP contribution in [0.15, 0.2) is 6.07 Å². The summed E-state index contributed by atoms with van der Waals surface area (Å²) in [5.74, 6) is 0.723. The van der Waals surface area contributed by atoms with Crippen LogP contribution in [0.5, 0.6) is 0 Å². The maximum atomic E-state index is 9.09. The van der Waals surface area contributed by atoms with Crippen LogP contribution in [0.3, 0.4) is 0 Å². The zero-order valence-corrected chi connectivity index (χ0v) is 9.03. The highest BCUT2D eigenvalue weighted by atomic mass is 15.1. The zero-order chi connectivity index (χ0) is 11.1. The minimum Gasteiger partial charge on any atom is -0.365 e. The number of anilines is 1. The SMILES string of the molecule is N#Cc1cc2c(nc1NC1CC1N)CCC2. The number of nitrogens with one attached hydrogen (secondary N) is 1. The molecular formula is C12H14N4. The van der Waals surface area contributed by atoms with Gasteiger partial charge in [0.1, 0.15) is 11.9 Å². The zero-order valence-electron chi connectivity index (χ0n) is 9.03. The van der Waals surface area contributed by atoms with Crippen LogP contribution in [-0.4, -0.2) is 17.1 Å². The molecule has 4 heteroatoms. The molecule has 82 valence electrons. The Balaban J connectivity index is 1.93. The van der Waals surface area contributed by atoms with Crippen LogP contribution < -0.4 is 11.1 Å². The summed E-state index contributed by atoms with van der Waals surface area (Å²) in [6.07, 6.45) is 4.22. The second-order valence-electron chi connectivity index (χ2n) is 4.61. The van der Waals surface area contributed by atoms with Gasteiger partial charge in [-0.05, 0) is 37.3 Å². The summed E-state index contributed by atoms with van der Waals surface area (Å²) in [5, 5.41) is 12.3. The van der Waals surface area contributed by atoms with Gasteiger partial charge in [0.05, 0.1) is 5.56 Å². The van der Waals surface area contributed by atoms with Gasteiger partial charge in [0.15, 0.2) is 0 Å². The number of aromatic nitrogens is 1. The molecule has 3 N–H and O–H groups in total. The molecule has 0 amide bonds. The number of fused-ring (bicyclic) bond motifs is 1. The van der Waals surface area contributed by atoms with E-state index >= 15 is 0 Å². The van der Waals surface area contributed by atoms with Crippen LogP contribution in [0.4, 0.5) is 5.82 Å². The molecule has 2 unspecified atom stereocenters. The molecule has 1 saturated carbocycles. The molecule has 1 aromatic rings. The number of aryl methyl sites for hydroxylation is 2. The largest absolute Gasteiger partial charge is 0.365 e. The van der Waals surface area contributed by atoms with Crippen LogP contribution in [0, 0.1) is 11.3 Å². The number of nitrogens with two attached hydrogens (primary N) is 1. The number of pyridine rings is 1. The molecular weight excluding hydrogens is 200 g/mol. The minimum atomic E-state index is 0.224. The predicted molar refractivity (Wildman–Crippen MR) is 61.0 cm³/mol. The van der Waals surface area contributed by atoms with E-state index in [2.05, 4.69) is 16.4 Å². The summed E-state index contributed by atoms with van der Waals surface area (Å²) in [4.78, 5) is 4.55. The molecule has 0 spiro atoms. The van der Waals surface area contributed by atoms with E-state index in [1.807, 2.05) is 6.07 Å². The molecule has 2 aliphatic rings. The lowest BCUT2D eigenvalue weighted by Gasteiger charge is -2.08. The van der Waals surface area contributed by atoms with Crippen LogP contribution in [-0.2, 0) is 12.8 Å². The van der Waals surface area contributed by atoms with Crippen LogP contribution in [0.25, 0.3) is 0 Å².